The van der Waals surface area contributed by atoms with Gasteiger partial charge in [0.15, 0.2) is 0 Å². The fraction of sp³-hybridized carbons (Fsp3) is 0.600. The molecule has 0 aliphatic carbocycles. The van der Waals surface area contributed by atoms with Gasteiger partial charge < -0.3 is 5.32 Å². The van der Waals surface area contributed by atoms with Crippen molar-refractivity contribution in [3.8, 4) is 0 Å². The zero-order valence-corrected chi connectivity index (χ0v) is 12.4. The number of nitro groups is 1. The molecule has 2 rings (SSSR count). The monoisotopic (exact) mass is 277 g/mol. The number of non-ortho nitro benzene ring substituents is 1. The van der Waals surface area contributed by atoms with E-state index in [9.17, 15) is 10.1 Å². The van der Waals surface area contributed by atoms with Crippen LogP contribution in [0.15, 0.2) is 24.3 Å². The van der Waals surface area contributed by atoms with E-state index in [-0.39, 0.29) is 22.2 Å². The smallest absolute Gasteiger partial charge is 0.269 e. The van der Waals surface area contributed by atoms with Gasteiger partial charge in [-0.05, 0) is 39.3 Å². The molecule has 1 saturated heterocycles. The van der Waals surface area contributed by atoms with Gasteiger partial charge in [0.05, 0.1) is 4.92 Å². The molecule has 1 aliphatic heterocycles. The number of nitrogens with zero attached hydrogens (tertiary/aromatic N) is 2. The summed E-state index contributed by atoms with van der Waals surface area (Å²) < 4.78 is 0. The number of likely N-dealkylation sites (tertiary alicyclic amines) is 1. The van der Waals surface area contributed by atoms with Gasteiger partial charge >= 0.3 is 0 Å². The van der Waals surface area contributed by atoms with Crippen molar-refractivity contribution in [3.05, 3.63) is 39.9 Å². The molecule has 1 fully saturated rings. The molecule has 1 atom stereocenters. The van der Waals surface area contributed by atoms with Crippen LogP contribution in [0.25, 0.3) is 0 Å². The van der Waals surface area contributed by atoms with Crippen molar-refractivity contribution < 1.29 is 4.92 Å². The van der Waals surface area contributed by atoms with Crippen LogP contribution in [0.4, 0.5) is 5.69 Å². The average molecular weight is 277 g/mol. The van der Waals surface area contributed by atoms with Crippen LogP contribution in [0.3, 0.4) is 0 Å². The fourth-order valence-corrected chi connectivity index (χ4v) is 2.76. The van der Waals surface area contributed by atoms with Crippen LogP contribution in [0.5, 0.6) is 0 Å². The highest BCUT2D eigenvalue weighted by Gasteiger charge is 2.30. The molecule has 110 valence electrons. The van der Waals surface area contributed by atoms with Gasteiger partial charge in [-0.1, -0.05) is 12.1 Å². The molecule has 1 heterocycles. The summed E-state index contributed by atoms with van der Waals surface area (Å²) in [7, 11) is 2.01. The minimum atomic E-state index is -0.329. The van der Waals surface area contributed by atoms with E-state index in [1.54, 1.807) is 18.2 Å². The molecular weight excluding hydrogens is 254 g/mol. The van der Waals surface area contributed by atoms with Crippen molar-refractivity contribution >= 4 is 5.69 Å². The van der Waals surface area contributed by atoms with Crippen molar-refractivity contribution in [3.63, 3.8) is 0 Å². The predicted octanol–water partition coefficient (Wildman–Crippen LogP) is 2.73. The Bertz CT molecular complexity index is 482. The molecule has 1 N–H and O–H groups in total. The molecular formula is C15H23N3O2. The Labute approximate surface area is 120 Å². The zero-order valence-electron chi connectivity index (χ0n) is 12.4. The second kappa shape index (κ2) is 5.89. The van der Waals surface area contributed by atoms with E-state index in [1.165, 1.54) is 0 Å². The number of nitrogens with one attached hydrogen (secondary N) is 1. The molecule has 0 spiro atoms. The molecule has 0 amide bonds. The van der Waals surface area contributed by atoms with E-state index in [2.05, 4.69) is 24.1 Å². The van der Waals surface area contributed by atoms with Crippen LogP contribution in [-0.2, 0) is 0 Å². The molecule has 1 unspecified atom stereocenters. The molecule has 0 aromatic heterocycles. The van der Waals surface area contributed by atoms with Crippen LogP contribution in [-0.4, -0.2) is 35.5 Å². The van der Waals surface area contributed by atoms with E-state index in [1.807, 2.05) is 13.1 Å². The molecule has 0 radical (unpaired) electrons. The van der Waals surface area contributed by atoms with E-state index < -0.39 is 0 Å². The summed E-state index contributed by atoms with van der Waals surface area (Å²) in [6, 6.07) is 7.20. The summed E-state index contributed by atoms with van der Waals surface area (Å²) in [6.07, 6.45) is 2.20. The van der Waals surface area contributed by atoms with Crippen molar-refractivity contribution in [1.29, 1.82) is 0 Å². The summed E-state index contributed by atoms with van der Waals surface area (Å²) in [5, 5.41) is 14.2. The first-order chi connectivity index (χ1) is 9.45. The fourth-order valence-electron chi connectivity index (χ4n) is 2.76. The maximum absolute atomic E-state index is 10.9. The van der Waals surface area contributed by atoms with E-state index in [4.69, 9.17) is 0 Å². The third-order valence-corrected chi connectivity index (χ3v) is 4.62. The minimum absolute atomic E-state index is 0.173. The van der Waals surface area contributed by atoms with Gasteiger partial charge in [-0.3, -0.25) is 15.0 Å². The molecule has 20 heavy (non-hydrogen) atoms. The topological polar surface area (TPSA) is 58.4 Å². The van der Waals surface area contributed by atoms with Crippen molar-refractivity contribution in [2.75, 3.05) is 20.1 Å². The van der Waals surface area contributed by atoms with Crippen molar-refractivity contribution in [2.24, 2.45) is 0 Å². The SMILES string of the molecule is CNC1(C)CCN(C(C)c2cccc([N+](=O)[O-])c2)CC1. The standard InChI is InChI=1S/C15H23N3O2/c1-12(13-5-4-6-14(11-13)18(19)20)17-9-7-15(2,16-3)8-10-17/h4-6,11-12,16H,7-10H2,1-3H3. The number of hydrogen-bond acceptors (Lipinski definition) is 4. The average Bonchev–Trinajstić information content (AvgIpc) is 2.47. The number of benzene rings is 1. The summed E-state index contributed by atoms with van der Waals surface area (Å²) in [6.45, 7) is 6.41. The quantitative estimate of drug-likeness (QED) is 0.679. The number of nitro benzene ring substituents is 1. The summed E-state index contributed by atoms with van der Waals surface area (Å²) in [5.74, 6) is 0. The molecule has 1 aromatic rings. The van der Waals surface area contributed by atoms with Gasteiger partial charge in [-0.25, -0.2) is 0 Å². The molecule has 1 aromatic carbocycles. The van der Waals surface area contributed by atoms with Gasteiger partial charge in [-0.15, -0.1) is 0 Å². The Morgan fingerprint density at radius 3 is 2.60 bits per heavy atom. The Morgan fingerprint density at radius 2 is 2.05 bits per heavy atom. The normalized spacial score (nSPS) is 20.6. The second-order valence-corrected chi connectivity index (χ2v) is 5.87. The van der Waals surface area contributed by atoms with Gasteiger partial charge in [-0.2, -0.15) is 0 Å². The van der Waals surface area contributed by atoms with Crippen molar-refractivity contribution in [1.82, 2.24) is 10.2 Å². The molecule has 0 bridgehead atoms. The highest BCUT2D eigenvalue weighted by atomic mass is 16.6. The highest BCUT2D eigenvalue weighted by molar-refractivity contribution is 5.35. The number of rotatable bonds is 4. The maximum Gasteiger partial charge on any atom is 0.269 e. The highest BCUT2D eigenvalue weighted by Crippen LogP contribution is 2.29. The van der Waals surface area contributed by atoms with Crippen LogP contribution in [0.2, 0.25) is 0 Å². The molecule has 5 nitrogen and oxygen atoms in total. The van der Waals surface area contributed by atoms with Crippen molar-refractivity contribution in [2.45, 2.75) is 38.3 Å². The Balaban J connectivity index is 2.07. The van der Waals surface area contributed by atoms with Gasteiger partial charge in [0, 0.05) is 36.8 Å². The largest absolute Gasteiger partial charge is 0.314 e. The van der Waals surface area contributed by atoms with Gasteiger partial charge in [0.1, 0.15) is 0 Å². The molecule has 5 heteroatoms. The summed E-state index contributed by atoms with van der Waals surface area (Å²) >= 11 is 0. The van der Waals surface area contributed by atoms with Gasteiger partial charge in [0.2, 0.25) is 0 Å². The minimum Gasteiger partial charge on any atom is -0.314 e. The van der Waals surface area contributed by atoms with E-state index >= 15 is 0 Å². The summed E-state index contributed by atoms with van der Waals surface area (Å²) in [5.41, 5.74) is 1.41. The molecule has 0 saturated carbocycles. The van der Waals surface area contributed by atoms with E-state index in [0.717, 1.165) is 31.5 Å². The Hall–Kier alpha value is -1.46. The zero-order chi connectivity index (χ0) is 14.8. The first kappa shape index (κ1) is 14.9. The lowest BCUT2D eigenvalue weighted by Crippen LogP contribution is -2.50. The first-order valence-electron chi connectivity index (χ1n) is 7.12. The second-order valence-electron chi connectivity index (χ2n) is 5.87. The predicted molar refractivity (Wildman–Crippen MR) is 79.8 cm³/mol. The lowest BCUT2D eigenvalue weighted by Gasteiger charge is -2.41. The Kier molecular flexibility index (Phi) is 4.40. The van der Waals surface area contributed by atoms with Crippen LogP contribution in [0, 0.1) is 10.1 Å². The summed E-state index contributed by atoms with van der Waals surface area (Å²) in [4.78, 5) is 12.9. The lowest BCUT2D eigenvalue weighted by molar-refractivity contribution is -0.385. The van der Waals surface area contributed by atoms with Crippen LogP contribution >= 0.6 is 0 Å². The molecule has 1 aliphatic rings. The lowest BCUT2D eigenvalue weighted by atomic mass is 9.88. The first-order valence-corrected chi connectivity index (χ1v) is 7.12. The number of hydrogen-bond donors (Lipinski definition) is 1. The maximum atomic E-state index is 10.9. The van der Waals surface area contributed by atoms with Crippen LogP contribution < -0.4 is 5.32 Å². The van der Waals surface area contributed by atoms with E-state index in [0.29, 0.717) is 0 Å². The Morgan fingerprint density at radius 1 is 1.40 bits per heavy atom. The van der Waals surface area contributed by atoms with Crippen LogP contribution in [0.1, 0.15) is 38.3 Å². The third kappa shape index (κ3) is 3.16. The third-order valence-electron chi connectivity index (χ3n) is 4.62. The van der Waals surface area contributed by atoms with Gasteiger partial charge in [0.25, 0.3) is 5.69 Å². The number of piperidine rings is 1.